The molecule has 0 spiro atoms. The third-order valence-electron chi connectivity index (χ3n) is 1.47. The van der Waals surface area contributed by atoms with E-state index < -0.39 is 12.3 Å². The smallest absolute Gasteiger partial charge is 0.379 e. The van der Waals surface area contributed by atoms with Crippen molar-refractivity contribution in [1.29, 1.82) is 0 Å². The number of aromatic nitrogens is 1. The summed E-state index contributed by atoms with van der Waals surface area (Å²) in [4.78, 5) is 5.12. The topological polar surface area (TPSA) is 36.4 Å². The predicted octanol–water partition coefficient (Wildman–Crippen LogP) is 1.80. The van der Waals surface area contributed by atoms with E-state index in [0.29, 0.717) is 5.13 Å². The third kappa shape index (κ3) is 2.36. The Kier molecular flexibility index (Phi) is 3.01. The highest BCUT2D eigenvalue weighted by Crippen LogP contribution is 2.36. The monoisotopic (exact) mass is 226 g/mol. The number of aliphatic hydroxyl groups excluding tert-OH is 1. The van der Waals surface area contributed by atoms with Crippen molar-refractivity contribution >= 4 is 16.5 Å². The summed E-state index contributed by atoms with van der Waals surface area (Å²) in [6, 6.07) is 0. The number of anilines is 1. The summed E-state index contributed by atoms with van der Waals surface area (Å²) in [5.41, 5.74) is 0. The van der Waals surface area contributed by atoms with Crippen LogP contribution in [-0.4, -0.2) is 30.4 Å². The molecule has 1 aromatic heterocycles. The van der Waals surface area contributed by atoms with Gasteiger partial charge in [0.15, 0.2) is 11.2 Å². The molecule has 3 nitrogen and oxygen atoms in total. The average Bonchev–Trinajstić information content (AvgIpc) is 2.48. The Morgan fingerprint density at radius 1 is 1.50 bits per heavy atom. The normalized spacial score (nSPS) is 14.1. The number of aliphatic hydroxyl groups is 1. The molecule has 0 amide bonds. The number of alkyl halides is 3. The quantitative estimate of drug-likeness (QED) is 0.835. The highest BCUT2D eigenvalue weighted by atomic mass is 32.1. The van der Waals surface area contributed by atoms with Crippen LogP contribution in [0.1, 0.15) is 11.0 Å². The second-order valence-corrected chi connectivity index (χ2v) is 3.92. The summed E-state index contributed by atoms with van der Waals surface area (Å²) in [6.07, 6.45) is -6.03. The molecule has 0 radical (unpaired) electrons. The molecule has 14 heavy (non-hydrogen) atoms. The molecule has 0 aliphatic rings. The van der Waals surface area contributed by atoms with E-state index in [0.717, 1.165) is 17.5 Å². The van der Waals surface area contributed by atoms with Gasteiger partial charge in [0.25, 0.3) is 0 Å². The molecule has 0 aromatic carbocycles. The second kappa shape index (κ2) is 3.74. The molecule has 7 heteroatoms. The van der Waals surface area contributed by atoms with Gasteiger partial charge in [-0.1, -0.05) is 11.3 Å². The van der Waals surface area contributed by atoms with Gasteiger partial charge < -0.3 is 10.0 Å². The molecule has 0 saturated carbocycles. The lowest BCUT2D eigenvalue weighted by atomic mass is 10.3. The van der Waals surface area contributed by atoms with Crippen LogP contribution in [0.25, 0.3) is 0 Å². The zero-order valence-electron chi connectivity index (χ0n) is 7.54. The van der Waals surface area contributed by atoms with Crippen molar-refractivity contribution in [1.82, 2.24) is 4.98 Å². The van der Waals surface area contributed by atoms with Crippen LogP contribution >= 0.6 is 11.3 Å². The predicted molar refractivity (Wildman–Crippen MR) is 47.5 cm³/mol. The molecular formula is C7H9F3N2OS. The lowest BCUT2D eigenvalue weighted by Gasteiger charge is -2.11. The molecule has 1 aromatic rings. The van der Waals surface area contributed by atoms with Gasteiger partial charge in [0.2, 0.25) is 0 Å². The van der Waals surface area contributed by atoms with Crippen LogP contribution in [0.4, 0.5) is 18.3 Å². The molecule has 0 fully saturated rings. The first-order valence-corrected chi connectivity index (χ1v) is 4.52. The summed E-state index contributed by atoms with van der Waals surface area (Å²) in [6.45, 7) is 0. The molecule has 0 aliphatic heterocycles. The lowest BCUT2D eigenvalue weighted by molar-refractivity contribution is -0.205. The van der Waals surface area contributed by atoms with E-state index in [9.17, 15) is 13.2 Å². The summed E-state index contributed by atoms with van der Waals surface area (Å²) in [5, 5.41) is 9.31. The van der Waals surface area contributed by atoms with E-state index in [1.165, 1.54) is 0 Å². The second-order valence-electron chi connectivity index (χ2n) is 2.88. The van der Waals surface area contributed by atoms with E-state index in [4.69, 9.17) is 5.11 Å². The van der Waals surface area contributed by atoms with Crippen LogP contribution in [0.15, 0.2) is 6.20 Å². The molecule has 0 saturated heterocycles. The SMILES string of the molecule is CN(C)c1ncc([C@@H](O)C(F)(F)F)s1. The fourth-order valence-electron chi connectivity index (χ4n) is 0.771. The van der Waals surface area contributed by atoms with Gasteiger partial charge in [0.1, 0.15) is 0 Å². The first-order valence-electron chi connectivity index (χ1n) is 3.70. The molecule has 1 rings (SSSR count). The molecule has 0 bridgehead atoms. The Balaban J connectivity index is 2.87. The molecule has 0 unspecified atom stereocenters. The Hall–Kier alpha value is -0.820. The first kappa shape index (κ1) is 11.3. The van der Waals surface area contributed by atoms with E-state index in [2.05, 4.69) is 4.98 Å². The maximum absolute atomic E-state index is 12.1. The number of nitrogens with zero attached hydrogens (tertiary/aromatic N) is 2. The van der Waals surface area contributed by atoms with Gasteiger partial charge in [0, 0.05) is 20.3 Å². The van der Waals surface area contributed by atoms with Gasteiger partial charge in [-0.3, -0.25) is 0 Å². The van der Waals surface area contributed by atoms with Gasteiger partial charge >= 0.3 is 6.18 Å². The number of hydrogen-bond donors (Lipinski definition) is 1. The van der Waals surface area contributed by atoms with Crippen LogP contribution in [0.5, 0.6) is 0 Å². The first-order chi connectivity index (χ1) is 6.32. The van der Waals surface area contributed by atoms with Crippen LogP contribution in [0, 0.1) is 0 Å². The minimum atomic E-state index is -4.63. The zero-order chi connectivity index (χ0) is 10.9. The van der Waals surface area contributed by atoms with Gasteiger partial charge in [0.05, 0.1) is 4.88 Å². The molecule has 1 N–H and O–H groups in total. The van der Waals surface area contributed by atoms with E-state index >= 15 is 0 Å². The maximum Gasteiger partial charge on any atom is 0.419 e. The van der Waals surface area contributed by atoms with Crippen LogP contribution in [0.3, 0.4) is 0 Å². The molecule has 1 atom stereocenters. The Labute approximate surface area is 82.8 Å². The number of hydrogen-bond acceptors (Lipinski definition) is 4. The lowest BCUT2D eigenvalue weighted by Crippen LogP contribution is -2.19. The number of halogens is 3. The zero-order valence-corrected chi connectivity index (χ0v) is 8.35. The summed E-state index contributed by atoms with van der Waals surface area (Å²) in [7, 11) is 3.34. The molecule has 80 valence electrons. The van der Waals surface area contributed by atoms with Gasteiger partial charge in [-0.05, 0) is 0 Å². The largest absolute Gasteiger partial charge is 0.419 e. The van der Waals surface area contributed by atoms with E-state index in [1.54, 1.807) is 19.0 Å². The minimum Gasteiger partial charge on any atom is -0.379 e. The van der Waals surface area contributed by atoms with Crippen molar-refractivity contribution in [3.8, 4) is 0 Å². The Morgan fingerprint density at radius 2 is 2.07 bits per heavy atom. The molecule has 0 aliphatic carbocycles. The molecule has 1 heterocycles. The third-order valence-corrected chi connectivity index (χ3v) is 2.69. The summed E-state index contributed by atoms with van der Waals surface area (Å²) >= 11 is 0.821. The fraction of sp³-hybridized carbons (Fsp3) is 0.571. The fourth-order valence-corrected chi connectivity index (χ4v) is 1.62. The average molecular weight is 226 g/mol. The van der Waals surface area contributed by atoms with Crippen LogP contribution in [0.2, 0.25) is 0 Å². The van der Waals surface area contributed by atoms with Gasteiger partial charge in [-0.15, -0.1) is 0 Å². The van der Waals surface area contributed by atoms with Crippen molar-refractivity contribution in [3.05, 3.63) is 11.1 Å². The Bertz CT molecular complexity index is 310. The highest BCUT2D eigenvalue weighted by Gasteiger charge is 2.40. The van der Waals surface area contributed by atoms with E-state index in [-0.39, 0.29) is 4.88 Å². The number of thiazole rings is 1. The maximum atomic E-state index is 12.1. The highest BCUT2D eigenvalue weighted by molar-refractivity contribution is 7.15. The number of rotatable bonds is 2. The van der Waals surface area contributed by atoms with Crippen molar-refractivity contribution in [3.63, 3.8) is 0 Å². The van der Waals surface area contributed by atoms with Gasteiger partial charge in [-0.2, -0.15) is 13.2 Å². The van der Waals surface area contributed by atoms with Crippen molar-refractivity contribution in [2.24, 2.45) is 0 Å². The van der Waals surface area contributed by atoms with Crippen molar-refractivity contribution in [2.45, 2.75) is 12.3 Å². The van der Waals surface area contributed by atoms with Crippen LogP contribution < -0.4 is 4.90 Å². The van der Waals surface area contributed by atoms with Crippen molar-refractivity contribution in [2.75, 3.05) is 19.0 Å². The van der Waals surface area contributed by atoms with Crippen molar-refractivity contribution < 1.29 is 18.3 Å². The summed E-state index contributed by atoms with van der Waals surface area (Å²) < 4.78 is 36.2. The standard InChI is InChI=1S/C7H9F3N2OS/c1-12(2)6-11-3-4(14-6)5(13)7(8,9)10/h3,5,13H,1-2H3/t5-/m1/s1. The van der Waals surface area contributed by atoms with E-state index in [1.807, 2.05) is 0 Å². The Morgan fingerprint density at radius 3 is 2.43 bits per heavy atom. The van der Waals surface area contributed by atoms with Crippen LogP contribution in [-0.2, 0) is 0 Å². The summed E-state index contributed by atoms with van der Waals surface area (Å²) in [5.74, 6) is 0. The minimum absolute atomic E-state index is 0.193. The molecular weight excluding hydrogens is 217 g/mol. The van der Waals surface area contributed by atoms with Gasteiger partial charge in [-0.25, -0.2) is 4.98 Å².